The van der Waals surface area contributed by atoms with Crippen LogP contribution in [0.15, 0.2) is 30.6 Å². The summed E-state index contributed by atoms with van der Waals surface area (Å²) >= 11 is 0. The molecule has 0 aliphatic carbocycles. The van der Waals surface area contributed by atoms with Crippen LogP contribution >= 0.6 is 0 Å². The third-order valence-corrected chi connectivity index (χ3v) is 5.23. The van der Waals surface area contributed by atoms with Gasteiger partial charge in [0.15, 0.2) is 0 Å². The Labute approximate surface area is 159 Å². The van der Waals surface area contributed by atoms with Gasteiger partial charge in [-0.25, -0.2) is 9.97 Å². The van der Waals surface area contributed by atoms with E-state index in [0.717, 1.165) is 38.3 Å². The van der Waals surface area contributed by atoms with Crippen molar-refractivity contribution in [2.45, 2.75) is 25.8 Å². The highest BCUT2D eigenvalue weighted by atomic mass is 16.2. The summed E-state index contributed by atoms with van der Waals surface area (Å²) in [6, 6.07) is 5.94. The molecule has 0 saturated carbocycles. The molecule has 2 fully saturated rings. The maximum atomic E-state index is 12.1. The van der Waals surface area contributed by atoms with E-state index in [4.69, 9.17) is 0 Å². The van der Waals surface area contributed by atoms with Crippen LogP contribution in [0.1, 0.15) is 19.8 Å². The third kappa shape index (κ3) is 3.85. The van der Waals surface area contributed by atoms with Crippen molar-refractivity contribution >= 4 is 29.2 Å². The van der Waals surface area contributed by atoms with Crippen LogP contribution < -0.4 is 15.1 Å². The summed E-state index contributed by atoms with van der Waals surface area (Å²) in [5.41, 5.74) is 1.12. The van der Waals surface area contributed by atoms with E-state index >= 15 is 0 Å². The van der Waals surface area contributed by atoms with Crippen LogP contribution in [-0.4, -0.2) is 65.0 Å². The number of hydrogen-bond donors (Lipinski definition) is 1. The fourth-order valence-corrected chi connectivity index (χ4v) is 3.55. The second kappa shape index (κ2) is 7.48. The summed E-state index contributed by atoms with van der Waals surface area (Å²) in [4.78, 5) is 31.8. The normalized spacial score (nSPS) is 21.0. The number of nitrogens with zero attached hydrogens (tertiary/aromatic N) is 6. The Bertz CT molecular complexity index is 802. The number of nitrogens with one attached hydrogen (secondary N) is 1. The highest BCUT2D eigenvalue weighted by Gasteiger charge is 2.29. The lowest BCUT2D eigenvalue weighted by atomic mass is 10.2. The number of aromatic nitrogens is 3. The molecule has 2 aliphatic rings. The average Bonchev–Trinajstić information content (AvgIpc) is 3.02. The van der Waals surface area contributed by atoms with Gasteiger partial charge in [-0.1, -0.05) is 0 Å². The molecule has 2 aromatic heterocycles. The van der Waals surface area contributed by atoms with E-state index in [-0.39, 0.29) is 11.9 Å². The van der Waals surface area contributed by atoms with Crippen molar-refractivity contribution in [1.82, 2.24) is 19.9 Å². The number of pyridine rings is 1. The van der Waals surface area contributed by atoms with Crippen LogP contribution in [0.25, 0.3) is 0 Å². The Hall–Kier alpha value is -2.74. The van der Waals surface area contributed by atoms with Crippen LogP contribution in [-0.2, 0) is 4.79 Å². The fraction of sp³-hybridized carbons (Fsp3) is 0.474. The first kappa shape index (κ1) is 17.7. The zero-order valence-corrected chi connectivity index (χ0v) is 15.8. The number of likely N-dealkylation sites (N-methyl/N-ethyl adjacent to an activating group) is 1. The van der Waals surface area contributed by atoms with E-state index in [1.807, 2.05) is 19.2 Å². The first-order valence-corrected chi connectivity index (χ1v) is 9.42. The lowest BCUT2D eigenvalue weighted by molar-refractivity contribution is -0.117. The third-order valence-electron chi connectivity index (χ3n) is 5.23. The van der Waals surface area contributed by atoms with E-state index in [2.05, 4.69) is 43.2 Å². The highest BCUT2D eigenvalue weighted by molar-refractivity contribution is 5.95. The lowest BCUT2D eigenvalue weighted by Crippen LogP contribution is -2.44. The molecule has 0 spiro atoms. The Morgan fingerprint density at radius 2 is 1.93 bits per heavy atom. The quantitative estimate of drug-likeness (QED) is 0.884. The molecular formula is C19H25N7O. The molecule has 2 saturated heterocycles. The molecule has 4 heterocycles. The molecule has 2 aromatic rings. The number of amides is 1. The van der Waals surface area contributed by atoms with Gasteiger partial charge in [0.25, 0.3) is 0 Å². The smallest absolute Gasteiger partial charge is 0.230 e. The predicted octanol–water partition coefficient (Wildman–Crippen LogP) is 1.88. The molecule has 8 nitrogen and oxygen atoms in total. The molecule has 1 atom stereocenters. The summed E-state index contributed by atoms with van der Waals surface area (Å²) < 4.78 is 0. The number of anilines is 4. The van der Waals surface area contributed by atoms with Gasteiger partial charge >= 0.3 is 0 Å². The molecule has 0 unspecified atom stereocenters. The molecule has 2 aliphatic heterocycles. The first-order chi connectivity index (χ1) is 13.1. The van der Waals surface area contributed by atoms with Gasteiger partial charge in [0.1, 0.15) is 11.6 Å². The molecule has 0 radical (unpaired) electrons. The van der Waals surface area contributed by atoms with Crippen molar-refractivity contribution in [2.24, 2.45) is 0 Å². The predicted molar refractivity (Wildman–Crippen MR) is 105 cm³/mol. The second-order valence-corrected chi connectivity index (χ2v) is 7.21. The first-order valence-electron chi connectivity index (χ1n) is 9.42. The van der Waals surface area contributed by atoms with E-state index in [1.165, 1.54) is 0 Å². The van der Waals surface area contributed by atoms with Crippen LogP contribution in [0.5, 0.6) is 0 Å². The number of rotatable bonds is 4. The minimum absolute atomic E-state index is 0.113. The van der Waals surface area contributed by atoms with Gasteiger partial charge in [0.05, 0.1) is 11.9 Å². The Kier molecular flexibility index (Phi) is 4.89. The summed E-state index contributed by atoms with van der Waals surface area (Å²) in [6.07, 6.45) is 4.98. The van der Waals surface area contributed by atoms with Crippen LogP contribution in [0.2, 0.25) is 0 Å². The number of hydrogen-bond acceptors (Lipinski definition) is 7. The summed E-state index contributed by atoms with van der Waals surface area (Å²) in [5, 5.41) is 3.14. The summed E-state index contributed by atoms with van der Waals surface area (Å²) in [7, 11) is 2.15. The maximum absolute atomic E-state index is 12.1. The van der Waals surface area contributed by atoms with Crippen molar-refractivity contribution in [1.29, 1.82) is 0 Å². The van der Waals surface area contributed by atoms with Crippen LogP contribution in [0.3, 0.4) is 0 Å². The van der Waals surface area contributed by atoms with E-state index < -0.39 is 0 Å². The molecule has 1 amide bonds. The fourth-order valence-electron chi connectivity index (χ4n) is 3.55. The largest absolute Gasteiger partial charge is 0.368 e. The number of piperazine rings is 1. The van der Waals surface area contributed by atoms with E-state index in [0.29, 0.717) is 24.0 Å². The summed E-state index contributed by atoms with van der Waals surface area (Å²) in [6.45, 7) is 6.19. The van der Waals surface area contributed by atoms with Gasteiger partial charge in [-0.05, 0) is 38.6 Å². The minimum atomic E-state index is 0.113. The van der Waals surface area contributed by atoms with E-state index in [9.17, 15) is 4.79 Å². The molecule has 4 rings (SSSR count). The van der Waals surface area contributed by atoms with Crippen molar-refractivity contribution in [3.8, 4) is 0 Å². The average molecular weight is 367 g/mol. The Morgan fingerprint density at radius 1 is 1.11 bits per heavy atom. The van der Waals surface area contributed by atoms with Gasteiger partial charge in [-0.3, -0.25) is 9.69 Å². The number of carbonyl (C=O) groups excluding carboxylic acids is 1. The Balaban J connectivity index is 1.45. The van der Waals surface area contributed by atoms with Gasteiger partial charge in [0.2, 0.25) is 11.9 Å². The van der Waals surface area contributed by atoms with Crippen molar-refractivity contribution < 1.29 is 4.79 Å². The zero-order valence-electron chi connectivity index (χ0n) is 15.8. The molecule has 0 bridgehead atoms. The molecular weight excluding hydrogens is 342 g/mol. The lowest BCUT2D eigenvalue weighted by Gasteiger charge is -2.33. The van der Waals surface area contributed by atoms with Crippen molar-refractivity contribution in [3.05, 3.63) is 30.6 Å². The standard InChI is InChI=1S/C19H25N7O/c1-14-3-6-18(27)26(14)17-7-8-20-19(23-17)22-16-5-4-15(13-21-16)25-11-9-24(2)10-12-25/h4-5,7-8,13-14H,3,6,9-12H2,1-2H3,(H,20,21,22,23)/t14-/m0/s1. The second-order valence-electron chi connectivity index (χ2n) is 7.21. The van der Waals surface area contributed by atoms with Gasteiger partial charge in [-0.2, -0.15) is 4.98 Å². The zero-order chi connectivity index (χ0) is 18.8. The minimum Gasteiger partial charge on any atom is -0.368 e. The highest BCUT2D eigenvalue weighted by Crippen LogP contribution is 2.25. The van der Waals surface area contributed by atoms with Crippen molar-refractivity contribution in [3.63, 3.8) is 0 Å². The summed E-state index contributed by atoms with van der Waals surface area (Å²) in [5.74, 6) is 1.88. The monoisotopic (exact) mass is 367 g/mol. The molecule has 142 valence electrons. The van der Waals surface area contributed by atoms with Crippen molar-refractivity contribution in [2.75, 3.05) is 48.3 Å². The maximum Gasteiger partial charge on any atom is 0.230 e. The number of carbonyl (C=O) groups is 1. The molecule has 8 heteroatoms. The molecule has 1 N–H and O–H groups in total. The topological polar surface area (TPSA) is 77.5 Å². The Morgan fingerprint density at radius 3 is 2.59 bits per heavy atom. The molecule has 0 aromatic carbocycles. The SMILES string of the molecule is C[C@H]1CCC(=O)N1c1ccnc(Nc2ccc(N3CCN(C)CC3)cn2)n1. The van der Waals surface area contributed by atoms with Gasteiger partial charge < -0.3 is 15.1 Å². The van der Waals surface area contributed by atoms with Crippen LogP contribution in [0.4, 0.5) is 23.3 Å². The van der Waals surface area contributed by atoms with E-state index in [1.54, 1.807) is 17.2 Å². The molecule has 27 heavy (non-hydrogen) atoms. The van der Waals surface area contributed by atoms with Gasteiger partial charge in [0, 0.05) is 44.8 Å². The van der Waals surface area contributed by atoms with Crippen LogP contribution in [0, 0.1) is 0 Å². The van der Waals surface area contributed by atoms with Gasteiger partial charge in [-0.15, -0.1) is 0 Å².